The number of benzene rings is 1. The van der Waals surface area contributed by atoms with Crippen LogP contribution in [0.2, 0.25) is 5.02 Å². The van der Waals surface area contributed by atoms with Crippen molar-refractivity contribution in [3.63, 3.8) is 0 Å². The van der Waals surface area contributed by atoms with Crippen molar-refractivity contribution in [3.8, 4) is 0 Å². The van der Waals surface area contributed by atoms with Gasteiger partial charge in [-0.25, -0.2) is 0 Å². The molecule has 0 saturated carbocycles. The van der Waals surface area contributed by atoms with Gasteiger partial charge in [0.05, 0.1) is 12.9 Å². The summed E-state index contributed by atoms with van der Waals surface area (Å²) in [5.41, 5.74) is 1.10. The number of nitrogens with one attached hydrogen (secondary N) is 1. The summed E-state index contributed by atoms with van der Waals surface area (Å²) >= 11 is 9.48. The first kappa shape index (κ1) is 13.6. The first-order chi connectivity index (χ1) is 7.74. The van der Waals surface area contributed by atoms with Gasteiger partial charge in [0.25, 0.3) is 0 Å². The topological polar surface area (TPSA) is 21.3 Å². The van der Waals surface area contributed by atoms with Gasteiger partial charge in [0.15, 0.2) is 0 Å². The molecule has 4 heteroatoms. The number of ether oxygens (including phenoxy) is 1. The molecule has 0 aliphatic rings. The van der Waals surface area contributed by atoms with Crippen LogP contribution in [0.1, 0.15) is 12.0 Å². The van der Waals surface area contributed by atoms with Gasteiger partial charge in [-0.1, -0.05) is 34.1 Å². The molecule has 0 spiro atoms. The second-order valence-electron chi connectivity index (χ2n) is 3.30. The summed E-state index contributed by atoms with van der Waals surface area (Å²) in [6, 6.07) is 5.85. The van der Waals surface area contributed by atoms with Crippen LogP contribution in [-0.4, -0.2) is 13.2 Å². The Kier molecular flexibility index (Phi) is 6.53. The van der Waals surface area contributed by atoms with Crippen molar-refractivity contribution in [2.75, 3.05) is 13.2 Å². The Morgan fingerprint density at radius 1 is 1.50 bits per heavy atom. The second-order valence-corrected chi connectivity index (χ2v) is 4.63. The molecule has 1 aromatic rings. The molecule has 0 aliphatic carbocycles. The van der Waals surface area contributed by atoms with E-state index in [1.807, 2.05) is 18.2 Å². The van der Waals surface area contributed by atoms with Crippen LogP contribution < -0.4 is 5.32 Å². The number of hydrogen-bond donors (Lipinski definition) is 1. The lowest BCUT2D eigenvalue weighted by Gasteiger charge is -2.07. The van der Waals surface area contributed by atoms with Crippen LogP contribution >= 0.6 is 27.5 Å². The van der Waals surface area contributed by atoms with Crippen LogP contribution in [0.3, 0.4) is 0 Å². The highest BCUT2D eigenvalue weighted by Crippen LogP contribution is 2.20. The summed E-state index contributed by atoms with van der Waals surface area (Å²) < 4.78 is 6.06. The fourth-order valence-corrected chi connectivity index (χ4v) is 1.86. The van der Waals surface area contributed by atoms with Crippen molar-refractivity contribution in [2.45, 2.75) is 13.0 Å². The predicted molar refractivity (Wildman–Crippen MR) is 71.6 cm³/mol. The van der Waals surface area contributed by atoms with E-state index in [2.05, 4.69) is 27.8 Å². The van der Waals surface area contributed by atoms with Gasteiger partial charge in [-0.15, -0.1) is 0 Å². The highest BCUT2D eigenvalue weighted by atomic mass is 79.9. The van der Waals surface area contributed by atoms with Crippen LogP contribution in [0.25, 0.3) is 0 Å². The summed E-state index contributed by atoms with van der Waals surface area (Å²) in [5.74, 6) is 0. The van der Waals surface area contributed by atoms with Crippen molar-refractivity contribution in [1.29, 1.82) is 0 Å². The third-order valence-electron chi connectivity index (χ3n) is 2.06. The number of hydrogen-bond acceptors (Lipinski definition) is 2. The summed E-state index contributed by atoms with van der Waals surface area (Å²) in [6.07, 6.45) is 2.42. The van der Waals surface area contributed by atoms with Gasteiger partial charge >= 0.3 is 0 Å². The van der Waals surface area contributed by atoms with E-state index in [-0.39, 0.29) is 0 Å². The van der Waals surface area contributed by atoms with Crippen molar-refractivity contribution >= 4 is 27.5 Å². The van der Waals surface area contributed by atoms with Gasteiger partial charge in [0, 0.05) is 16.0 Å². The van der Waals surface area contributed by atoms with Gasteiger partial charge < -0.3 is 10.1 Å². The molecule has 0 amide bonds. The number of rotatable bonds is 7. The maximum atomic E-state index is 6.06. The van der Waals surface area contributed by atoms with Crippen LogP contribution in [-0.2, 0) is 11.3 Å². The van der Waals surface area contributed by atoms with Gasteiger partial charge in [0.1, 0.15) is 0 Å². The Balaban J connectivity index is 2.26. The Morgan fingerprint density at radius 3 is 3.06 bits per heavy atom. The molecule has 88 valence electrons. The van der Waals surface area contributed by atoms with E-state index < -0.39 is 0 Å². The molecule has 1 rings (SSSR count). The van der Waals surface area contributed by atoms with Crippen LogP contribution in [0.4, 0.5) is 0 Å². The lowest BCUT2D eigenvalue weighted by atomic mass is 10.2. The van der Waals surface area contributed by atoms with Crippen LogP contribution in [0.15, 0.2) is 35.5 Å². The molecule has 0 atom stereocenters. The highest BCUT2D eigenvalue weighted by molar-refractivity contribution is 9.10. The zero-order chi connectivity index (χ0) is 11.8. The fourth-order valence-electron chi connectivity index (χ4n) is 1.27. The Bertz CT molecular complexity index is 344. The molecule has 0 saturated heterocycles. The highest BCUT2D eigenvalue weighted by Gasteiger charge is 2.00. The van der Waals surface area contributed by atoms with Gasteiger partial charge in [-0.05, 0) is 36.7 Å². The van der Waals surface area contributed by atoms with E-state index in [0.29, 0.717) is 6.61 Å². The second kappa shape index (κ2) is 7.71. The molecule has 0 aromatic heterocycles. The van der Waals surface area contributed by atoms with Crippen molar-refractivity contribution in [3.05, 3.63) is 46.1 Å². The van der Waals surface area contributed by atoms with E-state index >= 15 is 0 Å². The SMILES string of the molecule is C=COCCCNCc1cc(Br)ccc1Cl. The maximum Gasteiger partial charge on any atom is 0.0885 e. The van der Waals surface area contributed by atoms with Gasteiger partial charge in [0.2, 0.25) is 0 Å². The van der Waals surface area contributed by atoms with E-state index in [9.17, 15) is 0 Å². The third kappa shape index (κ3) is 5.01. The first-order valence-electron chi connectivity index (χ1n) is 5.11. The van der Waals surface area contributed by atoms with Crippen molar-refractivity contribution in [2.24, 2.45) is 0 Å². The molecular weight excluding hydrogens is 289 g/mol. The molecule has 0 bridgehead atoms. The summed E-state index contributed by atoms with van der Waals surface area (Å²) in [4.78, 5) is 0. The summed E-state index contributed by atoms with van der Waals surface area (Å²) in [7, 11) is 0. The zero-order valence-electron chi connectivity index (χ0n) is 9.01. The average Bonchev–Trinajstić information content (AvgIpc) is 2.28. The standard InChI is InChI=1S/C12H15BrClNO/c1-2-16-7-3-6-15-9-10-8-11(13)4-5-12(10)14/h2,4-5,8,15H,1,3,6-7,9H2. The molecule has 0 heterocycles. The lowest BCUT2D eigenvalue weighted by Crippen LogP contribution is -2.16. The van der Waals surface area contributed by atoms with E-state index in [1.54, 1.807) is 0 Å². The molecule has 1 N–H and O–H groups in total. The van der Waals surface area contributed by atoms with Gasteiger partial charge in [-0.2, -0.15) is 0 Å². The molecule has 0 fully saturated rings. The molecule has 2 nitrogen and oxygen atoms in total. The Morgan fingerprint density at radius 2 is 2.31 bits per heavy atom. The minimum Gasteiger partial charge on any atom is -0.502 e. The van der Waals surface area contributed by atoms with Gasteiger partial charge in [-0.3, -0.25) is 0 Å². The number of halogens is 2. The molecule has 16 heavy (non-hydrogen) atoms. The predicted octanol–water partition coefficient (Wildman–Crippen LogP) is 3.74. The van der Waals surface area contributed by atoms with E-state index in [1.165, 1.54) is 6.26 Å². The quantitative estimate of drug-likeness (QED) is 0.612. The first-order valence-corrected chi connectivity index (χ1v) is 6.28. The minimum atomic E-state index is 0.697. The van der Waals surface area contributed by atoms with E-state index in [4.69, 9.17) is 16.3 Å². The molecule has 1 aromatic carbocycles. The summed E-state index contributed by atoms with van der Waals surface area (Å²) in [5, 5.41) is 4.10. The molecule has 0 radical (unpaired) electrons. The largest absolute Gasteiger partial charge is 0.502 e. The Labute approximate surface area is 110 Å². The molecule has 0 unspecified atom stereocenters. The zero-order valence-corrected chi connectivity index (χ0v) is 11.4. The monoisotopic (exact) mass is 303 g/mol. The fraction of sp³-hybridized carbons (Fsp3) is 0.333. The molecular formula is C12H15BrClNO. The lowest BCUT2D eigenvalue weighted by molar-refractivity contribution is 0.244. The third-order valence-corrected chi connectivity index (χ3v) is 2.92. The van der Waals surface area contributed by atoms with Crippen molar-refractivity contribution in [1.82, 2.24) is 5.32 Å². The Hall–Kier alpha value is -0.510. The normalized spacial score (nSPS) is 10.1. The van der Waals surface area contributed by atoms with Crippen molar-refractivity contribution < 1.29 is 4.74 Å². The van der Waals surface area contributed by atoms with Crippen LogP contribution in [0.5, 0.6) is 0 Å². The minimum absolute atomic E-state index is 0.697. The smallest absolute Gasteiger partial charge is 0.0885 e. The van der Waals surface area contributed by atoms with Crippen LogP contribution in [0, 0.1) is 0 Å². The summed E-state index contributed by atoms with van der Waals surface area (Å²) in [6.45, 7) is 5.85. The average molecular weight is 305 g/mol. The maximum absolute atomic E-state index is 6.06. The van der Waals surface area contributed by atoms with E-state index in [0.717, 1.165) is 34.6 Å². The molecule has 0 aliphatic heterocycles.